The maximum absolute atomic E-state index is 14.4. The molecule has 49 heavy (non-hydrogen) atoms. The smallest absolute Gasteiger partial charge is 0.337 e. The Hall–Kier alpha value is -5.98. The second-order valence-corrected chi connectivity index (χ2v) is 12.2. The molecule has 0 radical (unpaired) electrons. The highest BCUT2D eigenvalue weighted by Crippen LogP contribution is 2.28. The Morgan fingerprint density at radius 3 is 2.47 bits per heavy atom. The Morgan fingerprint density at radius 1 is 0.918 bits per heavy atom. The minimum absolute atomic E-state index is 0.0248. The Bertz CT molecular complexity index is 2340. The first kappa shape index (κ1) is 31.6. The van der Waals surface area contributed by atoms with Crippen LogP contribution in [0.3, 0.4) is 0 Å². The lowest BCUT2D eigenvalue weighted by molar-refractivity contribution is 0.0784. The van der Waals surface area contributed by atoms with Gasteiger partial charge in [-0.3, -0.25) is 19.0 Å². The lowest BCUT2D eigenvalue weighted by atomic mass is 9.90. The molecular weight excluding hydrogens is 632 g/mol. The summed E-state index contributed by atoms with van der Waals surface area (Å²) >= 11 is 0. The number of amides is 2. The van der Waals surface area contributed by atoms with E-state index in [0.717, 1.165) is 22.4 Å². The van der Waals surface area contributed by atoms with E-state index in [1.54, 1.807) is 36.2 Å². The van der Waals surface area contributed by atoms with Crippen molar-refractivity contribution >= 4 is 28.5 Å². The topological polar surface area (TPSA) is 124 Å². The SMILES string of the molecule is CN(Cc1ccccc1)C(=O)c1cccc(-n2c(=O)n(C3CCC(NC(=O)c4cn5cc(F)ccc5n4)CC3)c(=O)c3cc(F)cnc32)c1. The highest BCUT2D eigenvalue weighted by atomic mass is 19.1. The number of imidazole rings is 1. The fraction of sp³-hybridized carbons (Fsp3) is 0.222. The van der Waals surface area contributed by atoms with Crippen LogP contribution in [0.15, 0.2) is 101 Å². The number of carbonyl (C=O) groups excluding carboxylic acids is 2. The molecule has 11 nitrogen and oxygen atoms in total. The van der Waals surface area contributed by atoms with Gasteiger partial charge in [0.2, 0.25) is 0 Å². The molecule has 1 N–H and O–H groups in total. The summed E-state index contributed by atoms with van der Waals surface area (Å²) in [6, 6.07) is 19.0. The Labute approximate surface area is 278 Å². The minimum atomic E-state index is -0.728. The first-order chi connectivity index (χ1) is 23.7. The van der Waals surface area contributed by atoms with E-state index >= 15 is 0 Å². The standard InChI is InChI=1S/C36H31F2N7O4/c1-42(19-22-6-3-2-4-7-22)34(47)23-8-5-9-28(16-23)44-32-29(17-25(38)18-39-32)35(48)45(36(44)49)27-13-11-26(12-14-27)40-33(46)30-21-43-20-24(37)10-15-31(43)41-30/h2-10,15-18,20-21,26-27H,11-14,19H2,1H3,(H,40,46). The van der Waals surface area contributed by atoms with Gasteiger partial charge in [-0.2, -0.15) is 0 Å². The van der Waals surface area contributed by atoms with Gasteiger partial charge in [0.05, 0.1) is 17.3 Å². The van der Waals surface area contributed by atoms with Crippen LogP contribution in [-0.2, 0) is 6.54 Å². The van der Waals surface area contributed by atoms with Crippen LogP contribution in [0.4, 0.5) is 8.78 Å². The van der Waals surface area contributed by atoms with E-state index in [1.165, 1.54) is 33.5 Å². The molecule has 0 spiro atoms. The second kappa shape index (κ2) is 12.9. The van der Waals surface area contributed by atoms with Crippen molar-refractivity contribution in [2.75, 3.05) is 7.05 Å². The number of halogens is 2. The molecule has 2 aromatic carbocycles. The van der Waals surface area contributed by atoms with Crippen LogP contribution in [0.25, 0.3) is 22.4 Å². The van der Waals surface area contributed by atoms with Crippen LogP contribution in [-0.4, -0.2) is 53.3 Å². The number of pyridine rings is 2. The maximum Gasteiger partial charge on any atom is 0.337 e. The summed E-state index contributed by atoms with van der Waals surface area (Å²) in [6.07, 6.45) is 5.31. The Kier molecular flexibility index (Phi) is 8.33. The number of carbonyl (C=O) groups is 2. The molecule has 7 rings (SSSR count). The average molecular weight is 664 g/mol. The third kappa shape index (κ3) is 6.22. The van der Waals surface area contributed by atoms with E-state index in [1.807, 2.05) is 30.3 Å². The molecule has 1 fully saturated rings. The Balaban J connectivity index is 1.16. The minimum Gasteiger partial charge on any atom is -0.348 e. The fourth-order valence-electron chi connectivity index (χ4n) is 6.48. The first-order valence-corrected chi connectivity index (χ1v) is 15.8. The van der Waals surface area contributed by atoms with Crippen LogP contribution in [0.1, 0.15) is 58.1 Å². The lowest BCUT2D eigenvalue weighted by Gasteiger charge is -2.30. The molecular formula is C36H31F2N7O4. The second-order valence-electron chi connectivity index (χ2n) is 12.2. The van der Waals surface area contributed by atoms with E-state index in [2.05, 4.69) is 15.3 Å². The molecule has 2 amide bonds. The zero-order chi connectivity index (χ0) is 34.2. The number of nitrogens with one attached hydrogen (secondary N) is 1. The lowest BCUT2D eigenvalue weighted by Crippen LogP contribution is -2.45. The number of rotatable bonds is 7. The van der Waals surface area contributed by atoms with Gasteiger partial charge in [0.1, 0.15) is 23.0 Å². The molecule has 0 unspecified atom stereocenters. The molecule has 4 heterocycles. The van der Waals surface area contributed by atoms with Gasteiger partial charge in [0.15, 0.2) is 5.65 Å². The summed E-state index contributed by atoms with van der Waals surface area (Å²) in [5.74, 6) is -1.87. The van der Waals surface area contributed by atoms with E-state index in [9.17, 15) is 28.0 Å². The van der Waals surface area contributed by atoms with E-state index in [4.69, 9.17) is 0 Å². The number of hydrogen-bond donors (Lipinski definition) is 1. The zero-order valence-corrected chi connectivity index (χ0v) is 26.4. The van der Waals surface area contributed by atoms with Crippen molar-refractivity contribution in [1.82, 2.24) is 33.7 Å². The van der Waals surface area contributed by atoms with Crippen molar-refractivity contribution in [2.45, 2.75) is 44.3 Å². The predicted octanol–water partition coefficient (Wildman–Crippen LogP) is 4.66. The van der Waals surface area contributed by atoms with Gasteiger partial charge >= 0.3 is 5.69 Å². The molecule has 0 saturated heterocycles. The molecule has 13 heteroatoms. The summed E-state index contributed by atoms with van der Waals surface area (Å²) in [6.45, 7) is 0.376. The highest BCUT2D eigenvalue weighted by Gasteiger charge is 2.29. The summed E-state index contributed by atoms with van der Waals surface area (Å²) in [7, 11) is 1.69. The van der Waals surface area contributed by atoms with Crippen molar-refractivity contribution in [3.8, 4) is 5.69 Å². The van der Waals surface area contributed by atoms with Gasteiger partial charge in [-0.05, 0) is 67.6 Å². The summed E-state index contributed by atoms with van der Waals surface area (Å²) in [5.41, 5.74) is 0.799. The van der Waals surface area contributed by atoms with Crippen molar-refractivity contribution in [1.29, 1.82) is 0 Å². The average Bonchev–Trinajstić information content (AvgIpc) is 3.53. The normalized spacial score (nSPS) is 16.1. The first-order valence-electron chi connectivity index (χ1n) is 15.8. The molecule has 0 aliphatic heterocycles. The summed E-state index contributed by atoms with van der Waals surface area (Å²) in [5, 5.41) is 2.88. The van der Waals surface area contributed by atoms with Crippen LogP contribution < -0.4 is 16.6 Å². The fourth-order valence-corrected chi connectivity index (χ4v) is 6.48. The van der Waals surface area contributed by atoms with Crippen molar-refractivity contribution in [3.05, 3.63) is 141 Å². The van der Waals surface area contributed by atoms with Crippen molar-refractivity contribution < 1.29 is 18.4 Å². The molecule has 0 atom stereocenters. The number of fused-ring (bicyclic) bond motifs is 2. The zero-order valence-electron chi connectivity index (χ0n) is 26.4. The molecule has 6 aromatic rings. The number of hydrogen-bond acceptors (Lipinski definition) is 6. The third-order valence-corrected chi connectivity index (χ3v) is 8.90. The van der Waals surface area contributed by atoms with Crippen molar-refractivity contribution in [2.24, 2.45) is 0 Å². The third-order valence-electron chi connectivity index (χ3n) is 8.90. The van der Waals surface area contributed by atoms with Crippen LogP contribution in [0, 0.1) is 11.6 Å². The van der Waals surface area contributed by atoms with E-state index in [-0.39, 0.29) is 28.7 Å². The molecule has 4 aromatic heterocycles. The van der Waals surface area contributed by atoms with Gasteiger partial charge in [0, 0.05) is 43.6 Å². The van der Waals surface area contributed by atoms with Crippen LogP contribution >= 0.6 is 0 Å². The predicted molar refractivity (Wildman–Crippen MR) is 178 cm³/mol. The Morgan fingerprint density at radius 2 is 1.69 bits per heavy atom. The molecule has 248 valence electrons. The van der Waals surface area contributed by atoms with E-state index < -0.39 is 34.8 Å². The largest absolute Gasteiger partial charge is 0.348 e. The van der Waals surface area contributed by atoms with Gasteiger partial charge < -0.3 is 14.6 Å². The van der Waals surface area contributed by atoms with Gasteiger partial charge in [-0.25, -0.2) is 28.1 Å². The van der Waals surface area contributed by atoms with Crippen molar-refractivity contribution in [3.63, 3.8) is 0 Å². The van der Waals surface area contributed by atoms with Gasteiger partial charge in [0.25, 0.3) is 17.4 Å². The molecule has 0 bridgehead atoms. The van der Waals surface area contributed by atoms with E-state index in [0.29, 0.717) is 49.1 Å². The number of aromatic nitrogens is 5. The molecule has 1 aliphatic carbocycles. The molecule has 1 saturated carbocycles. The maximum atomic E-state index is 14.4. The highest BCUT2D eigenvalue weighted by molar-refractivity contribution is 5.95. The quantitative estimate of drug-likeness (QED) is 0.265. The number of benzene rings is 2. The summed E-state index contributed by atoms with van der Waals surface area (Å²) < 4.78 is 31.9. The summed E-state index contributed by atoms with van der Waals surface area (Å²) in [4.78, 5) is 64.3. The van der Waals surface area contributed by atoms with Gasteiger partial charge in [-0.1, -0.05) is 36.4 Å². The number of nitrogens with zero attached hydrogens (tertiary/aromatic N) is 6. The van der Waals surface area contributed by atoms with Gasteiger partial charge in [-0.15, -0.1) is 0 Å². The monoisotopic (exact) mass is 663 g/mol. The van der Waals surface area contributed by atoms with Crippen LogP contribution in [0.5, 0.6) is 0 Å². The molecule has 1 aliphatic rings. The van der Waals surface area contributed by atoms with Crippen LogP contribution in [0.2, 0.25) is 0 Å².